The summed E-state index contributed by atoms with van der Waals surface area (Å²) in [5, 5.41) is 0. The molecule has 0 saturated heterocycles. The first-order valence-electron chi connectivity index (χ1n) is 6.95. The topological polar surface area (TPSA) is 80.0 Å². The van der Waals surface area contributed by atoms with Crippen molar-refractivity contribution >= 4 is 11.7 Å². The summed E-state index contributed by atoms with van der Waals surface area (Å²) in [4.78, 5) is 11.8. The molecule has 0 aliphatic rings. The van der Waals surface area contributed by atoms with E-state index < -0.39 is 5.97 Å². The smallest absolute Gasteiger partial charge is 0.341 e. The van der Waals surface area contributed by atoms with Gasteiger partial charge in [0.15, 0.2) is 5.75 Å². The van der Waals surface area contributed by atoms with Crippen LogP contribution in [0.25, 0.3) is 0 Å². The van der Waals surface area contributed by atoms with Crippen LogP contribution in [0.4, 0.5) is 5.69 Å². The lowest BCUT2D eigenvalue weighted by Gasteiger charge is -2.13. The molecule has 1 aromatic rings. The van der Waals surface area contributed by atoms with Crippen LogP contribution < -0.4 is 10.5 Å². The Kier molecular flexibility index (Phi) is 8.23. The zero-order valence-electron chi connectivity index (χ0n) is 12.6. The number of para-hydroxylation sites is 1. The number of hydrogen-bond donors (Lipinski definition) is 1. The second kappa shape index (κ2) is 10.0. The zero-order valence-corrected chi connectivity index (χ0v) is 12.6. The number of methoxy groups -OCH3 is 1. The maximum Gasteiger partial charge on any atom is 0.341 e. The number of esters is 1. The number of carbonyl (C=O) groups is 1. The Balaban J connectivity index is 2.48. The molecule has 0 spiro atoms. The Morgan fingerprint density at radius 2 is 2.00 bits per heavy atom. The van der Waals surface area contributed by atoms with Crippen molar-refractivity contribution in [1.82, 2.24) is 0 Å². The van der Waals surface area contributed by atoms with Crippen LogP contribution in [0.15, 0.2) is 18.2 Å². The Morgan fingerprint density at radius 3 is 2.71 bits per heavy atom. The molecule has 2 N–H and O–H groups in total. The van der Waals surface area contributed by atoms with Gasteiger partial charge in [-0.25, -0.2) is 4.79 Å². The summed E-state index contributed by atoms with van der Waals surface area (Å²) in [7, 11) is 1.65. The van der Waals surface area contributed by atoms with E-state index in [9.17, 15) is 4.79 Å². The minimum absolute atomic E-state index is 0.301. The molecule has 0 saturated carbocycles. The molecule has 0 aliphatic heterocycles. The van der Waals surface area contributed by atoms with Crippen LogP contribution in [-0.4, -0.2) is 46.1 Å². The van der Waals surface area contributed by atoms with Crippen LogP contribution in [0.1, 0.15) is 23.7 Å². The molecule has 21 heavy (non-hydrogen) atoms. The third-order valence-electron chi connectivity index (χ3n) is 2.65. The molecular formula is C15H23NO5. The summed E-state index contributed by atoms with van der Waals surface area (Å²) in [6, 6.07) is 5.00. The van der Waals surface area contributed by atoms with Crippen molar-refractivity contribution in [2.45, 2.75) is 13.3 Å². The van der Waals surface area contributed by atoms with Crippen LogP contribution in [0.5, 0.6) is 5.75 Å². The molecule has 0 amide bonds. The predicted molar refractivity (Wildman–Crippen MR) is 79.6 cm³/mol. The highest BCUT2D eigenvalue weighted by atomic mass is 16.5. The molecule has 0 atom stereocenters. The summed E-state index contributed by atoms with van der Waals surface area (Å²) in [5.74, 6) is -0.0998. The van der Waals surface area contributed by atoms with E-state index in [-0.39, 0.29) is 0 Å². The number of ether oxygens (including phenoxy) is 4. The van der Waals surface area contributed by atoms with Gasteiger partial charge in [0.2, 0.25) is 0 Å². The van der Waals surface area contributed by atoms with Gasteiger partial charge < -0.3 is 24.7 Å². The number of anilines is 1. The number of carbonyl (C=O) groups excluding carboxylic acids is 1. The minimum atomic E-state index is -0.444. The summed E-state index contributed by atoms with van der Waals surface area (Å²) in [6.07, 6.45) is 0.831. The largest absolute Gasteiger partial charge is 0.488 e. The third-order valence-corrected chi connectivity index (χ3v) is 2.65. The van der Waals surface area contributed by atoms with Gasteiger partial charge in [0.1, 0.15) is 12.2 Å². The van der Waals surface area contributed by atoms with Crippen LogP contribution in [0.3, 0.4) is 0 Å². The minimum Gasteiger partial charge on any atom is -0.488 e. The van der Waals surface area contributed by atoms with E-state index in [0.717, 1.165) is 6.42 Å². The van der Waals surface area contributed by atoms with Gasteiger partial charge in [0, 0.05) is 20.3 Å². The molecule has 0 fully saturated rings. The number of hydrogen-bond acceptors (Lipinski definition) is 6. The first-order valence-corrected chi connectivity index (χ1v) is 6.95. The van der Waals surface area contributed by atoms with Crippen LogP contribution >= 0.6 is 0 Å². The van der Waals surface area contributed by atoms with Gasteiger partial charge >= 0.3 is 5.97 Å². The molecule has 0 aromatic heterocycles. The quantitative estimate of drug-likeness (QED) is 0.403. The van der Waals surface area contributed by atoms with Crippen LogP contribution in [-0.2, 0) is 14.2 Å². The Labute approximate surface area is 125 Å². The average Bonchev–Trinajstić information content (AvgIpc) is 2.47. The lowest BCUT2D eigenvalue weighted by Crippen LogP contribution is -2.13. The normalized spacial score (nSPS) is 10.4. The third kappa shape index (κ3) is 6.01. The average molecular weight is 297 g/mol. The highest BCUT2D eigenvalue weighted by Gasteiger charge is 2.15. The maximum atomic E-state index is 11.8. The highest BCUT2D eigenvalue weighted by molar-refractivity contribution is 5.94. The maximum absolute atomic E-state index is 11.8. The van der Waals surface area contributed by atoms with Crippen LogP contribution in [0.2, 0.25) is 0 Å². The monoisotopic (exact) mass is 297 g/mol. The second-order valence-corrected chi connectivity index (χ2v) is 4.25. The Bertz CT molecular complexity index is 436. The molecule has 6 nitrogen and oxygen atoms in total. The van der Waals surface area contributed by atoms with Crippen molar-refractivity contribution in [3.63, 3.8) is 0 Å². The molecule has 0 radical (unpaired) electrons. The summed E-state index contributed by atoms with van der Waals surface area (Å²) >= 11 is 0. The number of rotatable bonds is 10. The molecular weight excluding hydrogens is 274 g/mol. The Hall–Kier alpha value is -1.79. The van der Waals surface area contributed by atoms with Crippen molar-refractivity contribution in [2.75, 3.05) is 45.9 Å². The van der Waals surface area contributed by atoms with E-state index in [1.54, 1.807) is 32.2 Å². The fourth-order valence-electron chi connectivity index (χ4n) is 1.70. The summed E-state index contributed by atoms with van der Waals surface area (Å²) in [6.45, 7) is 4.05. The SMILES string of the molecule is CCOC(=O)c1cccc(N)c1OCCOCCCOC. The van der Waals surface area contributed by atoms with E-state index in [0.29, 0.717) is 50.0 Å². The van der Waals surface area contributed by atoms with E-state index in [1.807, 2.05) is 0 Å². The second-order valence-electron chi connectivity index (χ2n) is 4.25. The molecule has 6 heteroatoms. The molecule has 1 rings (SSSR count). The first kappa shape index (κ1) is 17.3. The first-order chi connectivity index (χ1) is 10.2. The van der Waals surface area contributed by atoms with Crippen molar-refractivity contribution in [1.29, 1.82) is 0 Å². The lowest BCUT2D eigenvalue weighted by atomic mass is 10.2. The van der Waals surface area contributed by atoms with Gasteiger partial charge in [0.25, 0.3) is 0 Å². The molecule has 0 bridgehead atoms. The molecule has 0 aliphatic carbocycles. The van der Waals surface area contributed by atoms with Crippen molar-refractivity contribution in [3.8, 4) is 5.75 Å². The Morgan fingerprint density at radius 1 is 1.19 bits per heavy atom. The van der Waals surface area contributed by atoms with Crippen molar-refractivity contribution in [2.24, 2.45) is 0 Å². The van der Waals surface area contributed by atoms with E-state index in [4.69, 9.17) is 24.7 Å². The summed E-state index contributed by atoms with van der Waals surface area (Å²) in [5.41, 5.74) is 6.58. The molecule has 118 valence electrons. The summed E-state index contributed by atoms with van der Waals surface area (Å²) < 4.78 is 20.8. The highest BCUT2D eigenvalue weighted by Crippen LogP contribution is 2.27. The predicted octanol–water partition coefficient (Wildman–Crippen LogP) is 1.88. The van der Waals surface area contributed by atoms with Crippen molar-refractivity contribution < 1.29 is 23.7 Å². The molecule has 0 unspecified atom stereocenters. The van der Waals surface area contributed by atoms with Gasteiger partial charge in [0.05, 0.1) is 18.9 Å². The van der Waals surface area contributed by atoms with Gasteiger partial charge in [-0.15, -0.1) is 0 Å². The number of nitrogens with two attached hydrogens (primary N) is 1. The van der Waals surface area contributed by atoms with Gasteiger partial charge in [-0.05, 0) is 25.5 Å². The molecule has 1 aromatic carbocycles. The van der Waals surface area contributed by atoms with Gasteiger partial charge in [-0.1, -0.05) is 6.07 Å². The number of benzene rings is 1. The van der Waals surface area contributed by atoms with E-state index in [1.165, 1.54) is 0 Å². The van der Waals surface area contributed by atoms with Gasteiger partial charge in [-0.2, -0.15) is 0 Å². The fourth-order valence-corrected chi connectivity index (χ4v) is 1.70. The van der Waals surface area contributed by atoms with E-state index in [2.05, 4.69) is 0 Å². The standard InChI is InChI=1S/C15H23NO5/c1-3-20-15(17)12-6-4-7-13(16)14(12)21-11-10-19-9-5-8-18-2/h4,6-7H,3,5,8-11,16H2,1-2H3. The van der Waals surface area contributed by atoms with Crippen molar-refractivity contribution in [3.05, 3.63) is 23.8 Å². The zero-order chi connectivity index (χ0) is 15.5. The number of nitrogen functional groups attached to an aromatic ring is 1. The lowest BCUT2D eigenvalue weighted by molar-refractivity contribution is 0.0515. The van der Waals surface area contributed by atoms with E-state index >= 15 is 0 Å². The van der Waals surface area contributed by atoms with Crippen LogP contribution in [0, 0.1) is 0 Å². The van der Waals surface area contributed by atoms with Gasteiger partial charge in [-0.3, -0.25) is 0 Å². The molecule has 0 heterocycles. The fraction of sp³-hybridized carbons (Fsp3) is 0.533.